The minimum absolute atomic E-state index is 0.226. The van der Waals surface area contributed by atoms with Gasteiger partial charge in [-0.3, -0.25) is 0 Å². The van der Waals surface area contributed by atoms with E-state index in [9.17, 15) is 8.42 Å². The fourth-order valence-electron chi connectivity index (χ4n) is 3.55. The third-order valence-corrected chi connectivity index (χ3v) is 8.24. The Balaban J connectivity index is 1.89. The van der Waals surface area contributed by atoms with E-state index in [-0.39, 0.29) is 6.04 Å². The van der Waals surface area contributed by atoms with E-state index in [4.69, 9.17) is 11.6 Å². The molecule has 1 aromatic rings. The largest absolute Gasteiger partial charge is 0.252 e. The number of hydrogen-bond donors (Lipinski definition) is 0. The number of nitrogens with zero attached hydrogens (tertiary/aromatic N) is 1. The molecule has 20 heavy (non-hydrogen) atoms. The lowest BCUT2D eigenvalue weighted by molar-refractivity contribution is 0.129. The maximum Gasteiger partial charge on any atom is 0.252 e. The molecule has 2 unspecified atom stereocenters. The molecule has 1 saturated heterocycles. The molecule has 0 amide bonds. The van der Waals surface area contributed by atoms with E-state index in [1.165, 1.54) is 30.6 Å². The molecule has 1 aliphatic heterocycles. The molecule has 0 N–H and O–H groups in total. The minimum atomic E-state index is -3.33. The van der Waals surface area contributed by atoms with Gasteiger partial charge in [0.05, 0.1) is 0 Å². The highest BCUT2D eigenvalue weighted by atomic mass is 35.5. The summed E-state index contributed by atoms with van der Waals surface area (Å²) in [4.78, 5) is 0. The zero-order chi connectivity index (χ0) is 14.2. The van der Waals surface area contributed by atoms with Gasteiger partial charge in [-0.1, -0.05) is 12.8 Å². The van der Waals surface area contributed by atoms with Crippen molar-refractivity contribution in [2.75, 3.05) is 6.54 Å². The average Bonchev–Trinajstić information content (AvgIpc) is 2.96. The van der Waals surface area contributed by atoms with Gasteiger partial charge < -0.3 is 0 Å². The van der Waals surface area contributed by atoms with Crippen molar-refractivity contribution in [1.82, 2.24) is 4.31 Å². The van der Waals surface area contributed by atoms with Crippen molar-refractivity contribution in [1.29, 1.82) is 0 Å². The summed E-state index contributed by atoms with van der Waals surface area (Å²) in [6.45, 7) is 0.678. The Morgan fingerprint density at radius 2 is 2.00 bits per heavy atom. The van der Waals surface area contributed by atoms with Gasteiger partial charge >= 0.3 is 0 Å². The van der Waals surface area contributed by atoms with Crippen molar-refractivity contribution < 1.29 is 8.42 Å². The first-order valence-electron chi connectivity index (χ1n) is 7.28. The third-order valence-electron chi connectivity index (χ3n) is 4.54. The van der Waals surface area contributed by atoms with Crippen LogP contribution in [0, 0.1) is 5.92 Å². The summed E-state index contributed by atoms with van der Waals surface area (Å²) in [6.07, 6.45) is 6.81. The number of piperidine rings is 1. The molecule has 2 heterocycles. The summed E-state index contributed by atoms with van der Waals surface area (Å²) in [5.41, 5.74) is 0.896. The summed E-state index contributed by atoms with van der Waals surface area (Å²) in [6, 6.07) is 1.96. The molecule has 0 spiro atoms. The zero-order valence-corrected chi connectivity index (χ0v) is 13.8. The highest BCUT2D eigenvalue weighted by molar-refractivity contribution is 7.91. The number of halogens is 1. The zero-order valence-electron chi connectivity index (χ0n) is 11.4. The predicted molar refractivity (Wildman–Crippen MR) is 82.7 cm³/mol. The maximum atomic E-state index is 12.9. The molecule has 3 rings (SSSR count). The van der Waals surface area contributed by atoms with E-state index in [2.05, 4.69) is 0 Å². The van der Waals surface area contributed by atoms with E-state index in [1.54, 1.807) is 10.4 Å². The lowest BCUT2D eigenvalue weighted by Gasteiger charge is -2.42. The summed E-state index contributed by atoms with van der Waals surface area (Å²) >= 11 is 7.09. The molecule has 1 aliphatic carbocycles. The number of sulfonamides is 1. The van der Waals surface area contributed by atoms with E-state index < -0.39 is 10.0 Å². The lowest BCUT2D eigenvalue weighted by Crippen LogP contribution is -2.49. The Bertz CT molecular complexity index is 567. The summed E-state index contributed by atoms with van der Waals surface area (Å²) in [5, 5.41) is 1.85. The molecule has 112 valence electrons. The monoisotopic (exact) mass is 333 g/mol. The van der Waals surface area contributed by atoms with Crippen molar-refractivity contribution >= 4 is 33.0 Å². The molecule has 0 bridgehead atoms. The van der Waals surface area contributed by atoms with E-state index in [0.29, 0.717) is 22.6 Å². The van der Waals surface area contributed by atoms with Gasteiger partial charge in [0, 0.05) is 18.5 Å². The first-order chi connectivity index (χ1) is 9.63. The molecule has 2 fully saturated rings. The van der Waals surface area contributed by atoms with E-state index in [1.807, 2.05) is 5.38 Å². The SMILES string of the molecule is O=S(=O)(c1cc(CCl)cs1)N1CCCC2CCCCC21. The number of rotatable bonds is 3. The van der Waals surface area contributed by atoms with Crippen LogP contribution in [0.1, 0.15) is 44.1 Å². The molecule has 0 radical (unpaired) electrons. The van der Waals surface area contributed by atoms with Crippen LogP contribution in [0.3, 0.4) is 0 Å². The number of hydrogen-bond acceptors (Lipinski definition) is 3. The Labute approximate surface area is 130 Å². The molecule has 2 aliphatic rings. The lowest BCUT2D eigenvalue weighted by atomic mass is 9.79. The van der Waals surface area contributed by atoms with Crippen molar-refractivity contribution in [3.63, 3.8) is 0 Å². The van der Waals surface area contributed by atoms with E-state index >= 15 is 0 Å². The van der Waals surface area contributed by atoms with Gasteiger partial charge in [0.1, 0.15) is 4.21 Å². The van der Waals surface area contributed by atoms with Gasteiger partial charge in [-0.05, 0) is 48.6 Å². The first-order valence-corrected chi connectivity index (χ1v) is 10.1. The molecule has 2 atom stereocenters. The molecule has 1 aromatic heterocycles. The van der Waals surface area contributed by atoms with Crippen LogP contribution in [-0.4, -0.2) is 25.3 Å². The smallest absolute Gasteiger partial charge is 0.206 e. The van der Waals surface area contributed by atoms with Crippen LogP contribution in [-0.2, 0) is 15.9 Å². The van der Waals surface area contributed by atoms with Gasteiger partial charge in [0.25, 0.3) is 10.0 Å². The van der Waals surface area contributed by atoms with Crippen LogP contribution in [0.4, 0.5) is 0 Å². The van der Waals surface area contributed by atoms with Crippen molar-refractivity contribution in [3.05, 3.63) is 17.0 Å². The topological polar surface area (TPSA) is 37.4 Å². The predicted octanol–water partition coefficient (Wildman–Crippen LogP) is 3.83. The molecular formula is C14H20ClNO2S2. The van der Waals surface area contributed by atoms with Crippen LogP contribution in [0.25, 0.3) is 0 Å². The van der Waals surface area contributed by atoms with Crippen LogP contribution in [0.15, 0.2) is 15.7 Å². The average molecular weight is 334 g/mol. The Kier molecular flexibility index (Phi) is 4.41. The standard InChI is InChI=1S/C14H20ClNO2S2/c15-9-11-8-14(19-10-11)20(17,18)16-7-3-5-12-4-1-2-6-13(12)16/h8,10,12-13H,1-7,9H2. The van der Waals surface area contributed by atoms with Crippen LogP contribution >= 0.6 is 22.9 Å². The molecule has 6 heteroatoms. The number of thiophene rings is 1. The summed E-state index contributed by atoms with van der Waals surface area (Å²) in [7, 11) is -3.33. The number of fused-ring (bicyclic) bond motifs is 1. The minimum Gasteiger partial charge on any atom is -0.206 e. The second kappa shape index (κ2) is 5.95. The fraction of sp³-hybridized carbons (Fsp3) is 0.714. The summed E-state index contributed by atoms with van der Waals surface area (Å²) in [5.74, 6) is 0.942. The van der Waals surface area contributed by atoms with Crippen molar-refractivity contribution in [2.24, 2.45) is 5.92 Å². The van der Waals surface area contributed by atoms with Gasteiger partial charge in [-0.25, -0.2) is 8.42 Å². The quantitative estimate of drug-likeness (QED) is 0.788. The Morgan fingerprint density at radius 3 is 2.75 bits per heavy atom. The second-order valence-electron chi connectivity index (χ2n) is 5.78. The molecule has 1 saturated carbocycles. The van der Waals surface area contributed by atoms with Gasteiger partial charge in [-0.2, -0.15) is 4.31 Å². The van der Waals surface area contributed by atoms with Gasteiger partial charge in [0.2, 0.25) is 0 Å². The van der Waals surface area contributed by atoms with Crippen LogP contribution < -0.4 is 0 Å². The fourth-order valence-corrected chi connectivity index (χ4v) is 6.89. The molecule has 3 nitrogen and oxygen atoms in total. The van der Waals surface area contributed by atoms with Gasteiger partial charge in [0.15, 0.2) is 0 Å². The molecular weight excluding hydrogens is 314 g/mol. The first kappa shape index (κ1) is 14.8. The van der Waals surface area contributed by atoms with Gasteiger partial charge in [-0.15, -0.1) is 22.9 Å². The second-order valence-corrected chi connectivity index (χ2v) is 9.07. The summed E-state index contributed by atoms with van der Waals surface area (Å²) < 4.78 is 28.0. The Hall–Kier alpha value is -0.100. The number of alkyl halides is 1. The van der Waals surface area contributed by atoms with Crippen molar-refractivity contribution in [3.8, 4) is 0 Å². The van der Waals surface area contributed by atoms with Crippen LogP contribution in [0.5, 0.6) is 0 Å². The third kappa shape index (κ3) is 2.65. The highest BCUT2D eigenvalue weighted by Crippen LogP contribution is 2.38. The van der Waals surface area contributed by atoms with Crippen LogP contribution in [0.2, 0.25) is 0 Å². The van der Waals surface area contributed by atoms with E-state index in [0.717, 1.165) is 24.8 Å². The maximum absolute atomic E-state index is 12.9. The normalized spacial score (nSPS) is 28.2. The van der Waals surface area contributed by atoms with Crippen molar-refractivity contribution in [2.45, 2.75) is 54.7 Å². The highest BCUT2D eigenvalue weighted by Gasteiger charge is 2.40. The molecule has 0 aromatic carbocycles. The Morgan fingerprint density at radius 1 is 1.25 bits per heavy atom.